The number of hydrogen-bond acceptors (Lipinski definition) is 6. The molecule has 0 atom stereocenters. The van der Waals surface area contributed by atoms with Gasteiger partial charge in [0.2, 0.25) is 0 Å². The topological polar surface area (TPSA) is 77.5 Å². The summed E-state index contributed by atoms with van der Waals surface area (Å²) in [4.78, 5) is 27.7. The van der Waals surface area contributed by atoms with Gasteiger partial charge in [-0.3, -0.25) is 0 Å². The lowest BCUT2D eigenvalue weighted by Gasteiger charge is -2.29. The third-order valence-electron chi connectivity index (χ3n) is 3.19. The number of halogens is 1. The number of carbonyl (C=O) groups is 2. The van der Waals surface area contributed by atoms with E-state index < -0.39 is 17.7 Å². The summed E-state index contributed by atoms with van der Waals surface area (Å²) in [6.07, 6.45) is 2.93. The van der Waals surface area contributed by atoms with Crippen LogP contribution in [0.25, 0.3) is 10.8 Å². The van der Waals surface area contributed by atoms with Crippen molar-refractivity contribution >= 4 is 40.0 Å². The molecule has 1 aliphatic rings. The molecule has 0 saturated carbocycles. The number of cyclic esters (lactones) is 2. The Kier molecular flexibility index (Phi) is 3.69. The highest BCUT2D eigenvalue weighted by Crippen LogP contribution is 2.24. The summed E-state index contributed by atoms with van der Waals surface area (Å²) in [6.45, 7) is 2.99. The molecule has 23 heavy (non-hydrogen) atoms. The van der Waals surface area contributed by atoms with Gasteiger partial charge in [0.1, 0.15) is 5.15 Å². The lowest BCUT2D eigenvalue weighted by atomic mass is 10.1. The first-order valence-electron chi connectivity index (χ1n) is 6.83. The van der Waals surface area contributed by atoms with Crippen LogP contribution in [0.2, 0.25) is 5.15 Å². The SMILES string of the molecule is CC1(C)OC(=O)C(=CNc2ccc3cnc(Cl)cc3c2)C(=O)O1. The molecule has 1 aromatic carbocycles. The van der Waals surface area contributed by atoms with Crippen molar-refractivity contribution in [2.45, 2.75) is 19.6 Å². The van der Waals surface area contributed by atoms with E-state index in [1.165, 1.54) is 20.0 Å². The number of ether oxygens (including phenoxy) is 2. The van der Waals surface area contributed by atoms with Crippen molar-refractivity contribution in [3.8, 4) is 0 Å². The molecule has 6 nitrogen and oxygen atoms in total. The molecular weight excluding hydrogens is 320 g/mol. The van der Waals surface area contributed by atoms with Gasteiger partial charge in [-0.25, -0.2) is 14.6 Å². The van der Waals surface area contributed by atoms with Gasteiger partial charge in [-0.2, -0.15) is 0 Å². The molecule has 1 aromatic heterocycles. The zero-order valence-electron chi connectivity index (χ0n) is 12.4. The first-order chi connectivity index (χ1) is 10.8. The van der Waals surface area contributed by atoms with Crippen LogP contribution in [-0.4, -0.2) is 22.7 Å². The van der Waals surface area contributed by atoms with Gasteiger partial charge in [-0.1, -0.05) is 17.7 Å². The minimum absolute atomic E-state index is 0.197. The molecule has 0 unspecified atom stereocenters. The highest BCUT2D eigenvalue weighted by Gasteiger charge is 2.38. The number of nitrogens with one attached hydrogen (secondary N) is 1. The Morgan fingerprint density at radius 3 is 2.52 bits per heavy atom. The van der Waals surface area contributed by atoms with Crippen LogP contribution in [0.3, 0.4) is 0 Å². The fraction of sp³-hybridized carbons (Fsp3) is 0.188. The molecular formula is C16H13ClN2O4. The minimum atomic E-state index is -1.25. The summed E-state index contributed by atoms with van der Waals surface area (Å²) in [7, 11) is 0. The summed E-state index contributed by atoms with van der Waals surface area (Å²) in [5, 5.41) is 5.07. The van der Waals surface area contributed by atoms with Crippen LogP contribution in [0.15, 0.2) is 42.2 Å². The molecule has 0 bridgehead atoms. The van der Waals surface area contributed by atoms with E-state index in [0.29, 0.717) is 10.8 Å². The molecule has 1 N–H and O–H groups in total. The fourth-order valence-electron chi connectivity index (χ4n) is 2.14. The number of benzene rings is 1. The summed E-state index contributed by atoms with van der Waals surface area (Å²) < 4.78 is 10.0. The van der Waals surface area contributed by atoms with Gasteiger partial charge in [0.25, 0.3) is 5.79 Å². The van der Waals surface area contributed by atoms with Crippen LogP contribution in [0.4, 0.5) is 5.69 Å². The van der Waals surface area contributed by atoms with E-state index in [1.807, 2.05) is 12.1 Å². The lowest BCUT2D eigenvalue weighted by Crippen LogP contribution is -2.42. The first kappa shape index (κ1) is 15.3. The maximum Gasteiger partial charge on any atom is 0.350 e. The monoisotopic (exact) mass is 332 g/mol. The van der Waals surface area contributed by atoms with Crippen LogP contribution in [-0.2, 0) is 19.1 Å². The number of carbonyl (C=O) groups excluding carboxylic acids is 2. The van der Waals surface area contributed by atoms with E-state index in [1.54, 1.807) is 18.3 Å². The maximum absolute atomic E-state index is 11.8. The van der Waals surface area contributed by atoms with Crippen molar-refractivity contribution in [3.63, 3.8) is 0 Å². The standard InChI is InChI=1S/C16H13ClN2O4/c1-16(2)22-14(20)12(15(21)23-16)8-18-11-4-3-9-7-19-13(17)6-10(9)5-11/h3-8,18H,1-2H3. The Balaban J connectivity index is 1.85. The Labute approximate surface area is 137 Å². The van der Waals surface area contributed by atoms with Gasteiger partial charge in [-0.15, -0.1) is 0 Å². The number of fused-ring (bicyclic) bond motifs is 1. The zero-order valence-corrected chi connectivity index (χ0v) is 13.2. The number of pyridine rings is 1. The third kappa shape index (κ3) is 3.27. The lowest BCUT2D eigenvalue weighted by molar-refractivity contribution is -0.222. The van der Waals surface area contributed by atoms with Crippen LogP contribution in [0.1, 0.15) is 13.8 Å². The molecule has 1 fully saturated rings. The van der Waals surface area contributed by atoms with Crippen LogP contribution in [0, 0.1) is 0 Å². The first-order valence-corrected chi connectivity index (χ1v) is 7.20. The largest absolute Gasteiger partial charge is 0.419 e. The van der Waals surface area contributed by atoms with Gasteiger partial charge in [0.15, 0.2) is 5.57 Å². The molecule has 0 spiro atoms. The average Bonchev–Trinajstić information content (AvgIpc) is 2.44. The molecule has 0 aliphatic carbocycles. The minimum Gasteiger partial charge on any atom is -0.419 e. The van der Waals surface area contributed by atoms with Crippen LogP contribution < -0.4 is 5.32 Å². The molecule has 0 amide bonds. The van der Waals surface area contributed by atoms with E-state index >= 15 is 0 Å². The van der Waals surface area contributed by atoms with Crippen molar-refractivity contribution in [1.82, 2.24) is 4.98 Å². The van der Waals surface area contributed by atoms with Gasteiger partial charge >= 0.3 is 11.9 Å². The van der Waals surface area contributed by atoms with Crippen molar-refractivity contribution in [3.05, 3.63) is 47.4 Å². The predicted octanol–water partition coefficient (Wildman–Crippen LogP) is 3.02. The Morgan fingerprint density at radius 1 is 1.13 bits per heavy atom. The molecule has 7 heteroatoms. The summed E-state index contributed by atoms with van der Waals surface area (Å²) in [5.74, 6) is -2.71. The van der Waals surface area contributed by atoms with E-state index in [0.717, 1.165) is 10.8 Å². The van der Waals surface area contributed by atoms with Crippen molar-refractivity contribution < 1.29 is 19.1 Å². The zero-order chi connectivity index (χ0) is 16.6. The predicted molar refractivity (Wildman–Crippen MR) is 84.7 cm³/mol. The van der Waals surface area contributed by atoms with Gasteiger partial charge in [-0.05, 0) is 23.6 Å². The van der Waals surface area contributed by atoms with Crippen molar-refractivity contribution in [2.75, 3.05) is 5.32 Å². The highest BCUT2D eigenvalue weighted by atomic mass is 35.5. The Morgan fingerprint density at radius 2 is 1.83 bits per heavy atom. The number of rotatable bonds is 2. The molecule has 1 saturated heterocycles. The van der Waals surface area contributed by atoms with Gasteiger partial charge in [0.05, 0.1) is 0 Å². The Hall–Kier alpha value is -2.60. The van der Waals surface area contributed by atoms with Crippen molar-refractivity contribution in [1.29, 1.82) is 0 Å². The van der Waals surface area contributed by atoms with E-state index in [9.17, 15) is 9.59 Å². The number of aromatic nitrogens is 1. The molecule has 118 valence electrons. The number of nitrogens with zero attached hydrogens (tertiary/aromatic N) is 1. The van der Waals surface area contributed by atoms with Gasteiger partial charge in [0, 0.05) is 37.3 Å². The Bertz CT molecular complexity index is 823. The second kappa shape index (κ2) is 5.55. The fourth-order valence-corrected chi connectivity index (χ4v) is 2.30. The van der Waals surface area contributed by atoms with Crippen LogP contribution in [0.5, 0.6) is 0 Å². The summed E-state index contributed by atoms with van der Waals surface area (Å²) in [6, 6.07) is 7.18. The molecule has 3 rings (SSSR count). The molecule has 1 aliphatic heterocycles. The number of hydrogen-bond donors (Lipinski definition) is 1. The summed E-state index contributed by atoms with van der Waals surface area (Å²) in [5.41, 5.74) is 0.481. The van der Waals surface area contributed by atoms with E-state index in [4.69, 9.17) is 21.1 Å². The number of anilines is 1. The molecule has 0 radical (unpaired) electrons. The second-order valence-electron chi connectivity index (χ2n) is 5.45. The molecule has 2 aromatic rings. The van der Waals surface area contributed by atoms with Crippen LogP contribution >= 0.6 is 11.6 Å². The van der Waals surface area contributed by atoms with Gasteiger partial charge < -0.3 is 14.8 Å². The third-order valence-corrected chi connectivity index (χ3v) is 3.40. The second-order valence-corrected chi connectivity index (χ2v) is 5.84. The van der Waals surface area contributed by atoms with E-state index in [-0.39, 0.29) is 5.57 Å². The molecule has 2 heterocycles. The summed E-state index contributed by atoms with van der Waals surface area (Å²) >= 11 is 5.87. The average molecular weight is 333 g/mol. The number of esters is 2. The van der Waals surface area contributed by atoms with Crippen molar-refractivity contribution in [2.24, 2.45) is 0 Å². The quantitative estimate of drug-likeness (QED) is 0.394. The smallest absolute Gasteiger partial charge is 0.350 e. The maximum atomic E-state index is 11.8. The normalized spacial score (nSPS) is 16.7. The van der Waals surface area contributed by atoms with E-state index in [2.05, 4.69) is 10.3 Å². The highest BCUT2D eigenvalue weighted by molar-refractivity contribution is 6.30.